The van der Waals surface area contributed by atoms with Crippen LogP contribution < -0.4 is 0 Å². The molecule has 9 heteroatoms. The van der Waals surface area contributed by atoms with Gasteiger partial charge >= 0.3 is 0 Å². The van der Waals surface area contributed by atoms with E-state index in [4.69, 9.17) is 0 Å². The van der Waals surface area contributed by atoms with Crippen LogP contribution in [-0.2, 0) is 14.6 Å². The van der Waals surface area contributed by atoms with Crippen molar-refractivity contribution in [3.8, 4) is 0 Å². The van der Waals surface area contributed by atoms with Gasteiger partial charge in [-0.05, 0) is 36.8 Å². The average Bonchev–Trinajstić information content (AvgIpc) is 2.64. The topological polar surface area (TPSA) is 97.6 Å². The van der Waals surface area contributed by atoms with Gasteiger partial charge in [-0.1, -0.05) is 12.1 Å². The van der Waals surface area contributed by atoms with Gasteiger partial charge in [0.2, 0.25) is 5.91 Å². The molecule has 0 aliphatic heterocycles. The Morgan fingerprint density at radius 3 is 2.19 bits per heavy atom. The monoisotopic (exact) mass is 408 g/mol. The molecule has 0 heterocycles. The highest BCUT2D eigenvalue weighted by molar-refractivity contribution is 8.00. The zero-order valence-electron chi connectivity index (χ0n) is 15.2. The van der Waals surface area contributed by atoms with Crippen molar-refractivity contribution in [1.29, 1.82) is 0 Å². The van der Waals surface area contributed by atoms with Crippen molar-refractivity contribution < 1.29 is 18.1 Å². The van der Waals surface area contributed by atoms with E-state index in [0.717, 1.165) is 16.7 Å². The highest BCUT2D eigenvalue weighted by Crippen LogP contribution is 2.24. The molecule has 0 aliphatic carbocycles. The number of rotatable bonds is 7. The number of thioether (sulfide) groups is 1. The van der Waals surface area contributed by atoms with Crippen LogP contribution in [0.15, 0.2) is 58.3 Å². The van der Waals surface area contributed by atoms with E-state index in [1.165, 1.54) is 36.0 Å². The third-order valence-electron chi connectivity index (χ3n) is 4.17. The molecule has 0 aliphatic rings. The zero-order valence-corrected chi connectivity index (χ0v) is 16.8. The van der Waals surface area contributed by atoms with Crippen LogP contribution in [0.2, 0.25) is 0 Å². The average molecular weight is 409 g/mol. The Morgan fingerprint density at radius 1 is 1.15 bits per heavy atom. The minimum absolute atomic E-state index is 0.00829. The van der Waals surface area contributed by atoms with E-state index in [2.05, 4.69) is 0 Å². The van der Waals surface area contributed by atoms with Crippen molar-refractivity contribution in [2.24, 2.45) is 0 Å². The summed E-state index contributed by atoms with van der Waals surface area (Å²) in [6.07, 6.45) is 1.15. The summed E-state index contributed by atoms with van der Waals surface area (Å²) in [6.45, 7) is 1.86. The first-order chi connectivity index (χ1) is 12.6. The molecular weight excluding hydrogens is 388 g/mol. The molecule has 27 heavy (non-hydrogen) atoms. The van der Waals surface area contributed by atoms with Gasteiger partial charge in [0.1, 0.15) is 0 Å². The zero-order chi connectivity index (χ0) is 20.2. The molecular formula is C18H20N2O5S2. The number of hydrogen-bond donors (Lipinski definition) is 0. The van der Waals surface area contributed by atoms with Crippen LogP contribution in [0.4, 0.5) is 5.69 Å². The summed E-state index contributed by atoms with van der Waals surface area (Å²) in [5.74, 6) is 0.0955. The summed E-state index contributed by atoms with van der Waals surface area (Å²) in [7, 11) is -1.57. The first kappa shape index (κ1) is 20.9. The fourth-order valence-corrected chi connectivity index (χ4v) is 3.80. The maximum Gasteiger partial charge on any atom is 0.269 e. The number of benzene rings is 2. The number of nitrogens with zero attached hydrogens (tertiary/aromatic N) is 2. The summed E-state index contributed by atoms with van der Waals surface area (Å²) in [5.41, 5.74) is 0.840. The van der Waals surface area contributed by atoms with Gasteiger partial charge in [0.15, 0.2) is 9.84 Å². The SMILES string of the molecule is C[C@H](c1ccc(S(C)(=O)=O)cc1)N(C)C(=O)CSc1ccc([N+](=O)[O-])cc1. The predicted molar refractivity (Wildman–Crippen MR) is 105 cm³/mol. The van der Waals surface area contributed by atoms with Crippen LogP contribution in [-0.4, -0.2) is 43.2 Å². The van der Waals surface area contributed by atoms with Gasteiger partial charge in [0.25, 0.3) is 5.69 Å². The maximum atomic E-state index is 12.4. The Labute approximate surface area is 162 Å². The van der Waals surface area contributed by atoms with Gasteiger partial charge in [-0.2, -0.15) is 0 Å². The van der Waals surface area contributed by atoms with Crippen molar-refractivity contribution in [1.82, 2.24) is 4.90 Å². The van der Waals surface area contributed by atoms with Gasteiger partial charge in [0.05, 0.1) is 21.6 Å². The van der Waals surface area contributed by atoms with Crippen LogP contribution in [0.1, 0.15) is 18.5 Å². The number of carbonyl (C=O) groups excluding carboxylic acids is 1. The normalized spacial score (nSPS) is 12.4. The van der Waals surface area contributed by atoms with Crippen molar-refractivity contribution in [2.45, 2.75) is 22.8 Å². The molecule has 0 fully saturated rings. The summed E-state index contributed by atoms with van der Waals surface area (Å²) < 4.78 is 23.1. The lowest BCUT2D eigenvalue weighted by Crippen LogP contribution is -2.31. The van der Waals surface area contributed by atoms with E-state index in [-0.39, 0.29) is 28.3 Å². The number of hydrogen-bond acceptors (Lipinski definition) is 6. The molecule has 0 saturated heterocycles. The molecule has 2 rings (SSSR count). The van der Waals surface area contributed by atoms with Crippen LogP contribution in [0, 0.1) is 10.1 Å². The Kier molecular flexibility index (Phi) is 6.61. The lowest BCUT2D eigenvalue weighted by atomic mass is 10.1. The second-order valence-corrected chi connectivity index (χ2v) is 9.13. The summed E-state index contributed by atoms with van der Waals surface area (Å²) in [5, 5.41) is 10.7. The molecule has 0 unspecified atom stereocenters. The van der Waals surface area contributed by atoms with Crippen LogP contribution in [0.3, 0.4) is 0 Å². The highest BCUT2D eigenvalue weighted by atomic mass is 32.2. The first-order valence-corrected chi connectivity index (χ1v) is 10.9. The molecule has 0 aromatic heterocycles. The van der Waals surface area contributed by atoms with E-state index < -0.39 is 14.8 Å². The van der Waals surface area contributed by atoms with Gasteiger partial charge < -0.3 is 4.90 Å². The third-order valence-corrected chi connectivity index (χ3v) is 6.30. The van der Waals surface area contributed by atoms with E-state index in [1.807, 2.05) is 6.92 Å². The Bertz CT molecular complexity index is 925. The smallest absolute Gasteiger partial charge is 0.269 e. The second-order valence-electron chi connectivity index (χ2n) is 6.06. The van der Waals surface area contributed by atoms with E-state index in [0.29, 0.717) is 0 Å². The Hall–Kier alpha value is -2.39. The number of non-ortho nitro benzene ring substituents is 1. The van der Waals surface area contributed by atoms with Gasteiger partial charge in [-0.25, -0.2) is 8.42 Å². The molecule has 7 nitrogen and oxygen atoms in total. The van der Waals surface area contributed by atoms with Crippen molar-refractivity contribution >= 4 is 33.2 Å². The molecule has 0 saturated carbocycles. The van der Waals surface area contributed by atoms with E-state index in [1.54, 1.807) is 36.2 Å². The van der Waals surface area contributed by atoms with E-state index in [9.17, 15) is 23.3 Å². The summed E-state index contributed by atoms with van der Waals surface area (Å²) in [4.78, 5) is 25.2. The van der Waals surface area contributed by atoms with Gasteiger partial charge in [-0.15, -0.1) is 11.8 Å². The fraction of sp³-hybridized carbons (Fsp3) is 0.278. The molecule has 0 radical (unpaired) electrons. The molecule has 2 aromatic rings. The molecule has 2 aromatic carbocycles. The van der Waals surface area contributed by atoms with Crippen molar-refractivity contribution in [3.05, 3.63) is 64.2 Å². The van der Waals surface area contributed by atoms with Crippen molar-refractivity contribution in [2.75, 3.05) is 19.1 Å². The molecule has 0 N–H and O–H groups in total. The Balaban J connectivity index is 1.98. The predicted octanol–water partition coefficient (Wildman–Crippen LogP) is 3.31. The third kappa shape index (κ3) is 5.54. The number of amides is 1. The number of nitro benzene ring substituents is 1. The lowest BCUT2D eigenvalue weighted by Gasteiger charge is -2.25. The maximum absolute atomic E-state index is 12.4. The largest absolute Gasteiger partial charge is 0.338 e. The number of sulfone groups is 1. The van der Waals surface area contributed by atoms with Gasteiger partial charge in [0, 0.05) is 30.3 Å². The molecule has 0 bridgehead atoms. The highest BCUT2D eigenvalue weighted by Gasteiger charge is 2.18. The van der Waals surface area contributed by atoms with E-state index >= 15 is 0 Å². The van der Waals surface area contributed by atoms with Gasteiger partial charge in [-0.3, -0.25) is 14.9 Å². The second kappa shape index (κ2) is 8.53. The minimum Gasteiger partial charge on any atom is -0.338 e. The minimum atomic E-state index is -3.26. The number of carbonyl (C=O) groups is 1. The number of nitro groups is 1. The Morgan fingerprint density at radius 2 is 1.70 bits per heavy atom. The summed E-state index contributed by atoms with van der Waals surface area (Å²) in [6, 6.07) is 12.3. The quantitative estimate of drug-likeness (QED) is 0.396. The van der Waals surface area contributed by atoms with Crippen molar-refractivity contribution in [3.63, 3.8) is 0 Å². The molecule has 144 valence electrons. The summed E-state index contributed by atoms with van der Waals surface area (Å²) >= 11 is 1.30. The first-order valence-electron chi connectivity index (χ1n) is 8.02. The van der Waals surface area contributed by atoms with Crippen LogP contribution in [0.5, 0.6) is 0 Å². The fourth-order valence-electron chi connectivity index (χ4n) is 2.34. The molecule has 1 atom stereocenters. The lowest BCUT2D eigenvalue weighted by molar-refractivity contribution is -0.384. The molecule has 1 amide bonds. The van der Waals surface area contributed by atoms with Crippen LogP contribution in [0.25, 0.3) is 0 Å². The standard InChI is InChI=1S/C18H20N2O5S2/c1-13(14-4-10-17(11-5-14)27(3,24)25)19(2)18(21)12-26-16-8-6-15(7-9-16)20(22)23/h4-11,13H,12H2,1-3H3/t13-/m1/s1. The van der Waals surface area contributed by atoms with Crippen LogP contribution >= 0.6 is 11.8 Å². The molecule has 0 spiro atoms.